The maximum atomic E-state index is 12.4. The Morgan fingerprint density at radius 1 is 1.19 bits per heavy atom. The molecule has 142 valence electrons. The largest absolute Gasteiger partial charge is 0.353 e. The second-order valence-electron chi connectivity index (χ2n) is 5.96. The Morgan fingerprint density at radius 3 is 2.74 bits per heavy atom. The molecule has 1 aromatic heterocycles. The van der Waals surface area contributed by atoms with E-state index in [-0.39, 0.29) is 23.9 Å². The summed E-state index contributed by atoms with van der Waals surface area (Å²) >= 11 is 5.82. The molecule has 0 saturated carbocycles. The van der Waals surface area contributed by atoms with Gasteiger partial charge in [-0.3, -0.25) is 4.79 Å². The molecule has 0 spiro atoms. The highest BCUT2D eigenvalue weighted by molar-refractivity contribution is 7.89. The van der Waals surface area contributed by atoms with Crippen LogP contribution in [0, 0.1) is 0 Å². The first-order valence-electron chi connectivity index (χ1n) is 8.33. The Kier molecular flexibility index (Phi) is 5.79. The van der Waals surface area contributed by atoms with Crippen LogP contribution in [0.15, 0.2) is 59.8 Å². The van der Waals surface area contributed by atoms with E-state index in [1.54, 1.807) is 30.0 Å². The van der Waals surface area contributed by atoms with Crippen LogP contribution in [0.3, 0.4) is 0 Å². The molecule has 1 amide bonds. The van der Waals surface area contributed by atoms with Crippen molar-refractivity contribution in [2.75, 3.05) is 13.1 Å². The van der Waals surface area contributed by atoms with Crippen LogP contribution in [-0.4, -0.2) is 37.0 Å². The number of hydrogen-bond donors (Lipinski definition) is 2. The monoisotopic (exact) mass is 406 g/mol. The quantitative estimate of drug-likeness (QED) is 0.589. The lowest BCUT2D eigenvalue weighted by molar-refractivity contribution is -0.123. The number of nitrogens with zero attached hydrogens (tertiary/aromatic N) is 2. The van der Waals surface area contributed by atoms with Crippen LogP contribution < -0.4 is 10.0 Å². The SMILES string of the molecule is C[C@@H](C(=O)NCCNS(=O)(=O)c1cccc(Cl)c1)n1cnc2ccccc21. The Labute approximate surface area is 162 Å². The average Bonchev–Trinajstić information content (AvgIpc) is 3.08. The van der Waals surface area contributed by atoms with Crippen molar-refractivity contribution in [2.45, 2.75) is 17.9 Å². The highest BCUT2D eigenvalue weighted by atomic mass is 35.5. The maximum absolute atomic E-state index is 12.4. The van der Waals surface area contributed by atoms with Crippen LogP contribution in [0.1, 0.15) is 13.0 Å². The van der Waals surface area contributed by atoms with Gasteiger partial charge in [0.25, 0.3) is 0 Å². The molecule has 0 aliphatic heterocycles. The molecule has 9 heteroatoms. The number of para-hydroxylation sites is 2. The molecule has 2 aromatic carbocycles. The number of benzene rings is 2. The van der Waals surface area contributed by atoms with E-state index in [4.69, 9.17) is 11.6 Å². The Bertz CT molecular complexity index is 1070. The fourth-order valence-corrected chi connectivity index (χ4v) is 3.98. The fraction of sp³-hybridized carbons (Fsp3) is 0.222. The van der Waals surface area contributed by atoms with Gasteiger partial charge in [0.1, 0.15) is 6.04 Å². The van der Waals surface area contributed by atoms with Crippen LogP contribution in [0.4, 0.5) is 0 Å². The Morgan fingerprint density at radius 2 is 1.96 bits per heavy atom. The van der Waals surface area contributed by atoms with Gasteiger partial charge in [0.15, 0.2) is 0 Å². The molecule has 0 radical (unpaired) electrons. The topological polar surface area (TPSA) is 93.1 Å². The number of fused-ring (bicyclic) bond motifs is 1. The van der Waals surface area contributed by atoms with Gasteiger partial charge in [0.05, 0.1) is 22.3 Å². The minimum absolute atomic E-state index is 0.0674. The van der Waals surface area contributed by atoms with Gasteiger partial charge in [0.2, 0.25) is 15.9 Å². The normalized spacial score (nSPS) is 12.8. The summed E-state index contributed by atoms with van der Waals surface area (Å²) in [7, 11) is -3.67. The van der Waals surface area contributed by atoms with E-state index in [1.807, 2.05) is 24.3 Å². The summed E-state index contributed by atoms with van der Waals surface area (Å²) in [4.78, 5) is 16.7. The molecule has 0 bridgehead atoms. The maximum Gasteiger partial charge on any atom is 0.242 e. The molecule has 0 fully saturated rings. The van der Waals surface area contributed by atoms with E-state index in [1.165, 1.54) is 12.1 Å². The second kappa shape index (κ2) is 8.08. The molecule has 1 atom stereocenters. The molecular formula is C18H19ClN4O3S. The van der Waals surface area contributed by atoms with Crippen LogP contribution in [-0.2, 0) is 14.8 Å². The number of carbonyl (C=O) groups excluding carboxylic acids is 1. The highest BCUT2D eigenvalue weighted by Crippen LogP contribution is 2.17. The lowest BCUT2D eigenvalue weighted by Crippen LogP contribution is -2.37. The van der Waals surface area contributed by atoms with Crippen molar-refractivity contribution in [3.05, 3.63) is 59.9 Å². The summed E-state index contributed by atoms with van der Waals surface area (Å²) in [5, 5.41) is 3.07. The molecule has 0 aliphatic carbocycles. The first-order chi connectivity index (χ1) is 12.9. The zero-order valence-corrected chi connectivity index (χ0v) is 16.2. The van der Waals surface area contributed by atoms with Crippen molar-refractivity contribution in [3.8, 4) is 0 Å². The van der Waals surface area contributed by atoms with Crippen molar-refractivity contribution < 1.29 is 13.2 Å². The standard InChI is InChI=1S/C18H19ClN4O3S/c1-13(23-12-21-16-7-2-3-8-17(16)23)18(24)20-9-10-22-27(25,26)15-6-4-5-14(19)11-15/h2-8,11-13,22H,9-10H2,1H3,(H,20,24)/t13-/m0/s1. The van der Waals surface area contributed by atoms with Crippen molar-refractivity contribution >= 4 is 38.6 Å². The second-order valence-corrected chi connectivity index (χ2v) is 8.17. The summed E-state index contributed by atoms with van der Waals surface area (Å²) in [5.74, 6) is -0.222. The van der Waals surface area contributed by atoms with Gasteiger partial charge in [-0.15, -0.1) is 0 Å². The van der Waals surface area contributed by atoms with Gasteiger partial charge in [-0.1, -0.05) is 29.8 Å². The predicted octanol–water partition coefficient (Wildman–Crippen LogP) is 2.35. The Balaban J connectivity index is 1.55. The van der Waals surface area contributed by atoms with E-state index >= 15 is 0 Å². The number of rotatable bonds is 7. The third-order valence-electron chi connectivity index (χ3n) is 4.10. The summed E-state index contributed by atoms with van der Waals surface area (Å²) in [6.07, 6.45) is 1.62. The van der Waals surface area contributed by atoms with Crippen molar-refractivity contribution in [3.63, 3.8) is 0 Å². The van der Waals surface area contributed by atoms with Crippen molar-refractivity contribution in [2.24, 2.45) is 0 Å². The number of carbonyl (C=O) groups is 1. The Hall–Kier alpha value is -2.42. The number of amides is 1. The molecule has 0 aliphatic rings. The van der Waals surface area contributed by atoms with E-state index in [0.29, 0.717) is 5.02 Å². The number of nitrogens with one attached hydrogen (secondary N) is 2. The summed E-state index contributed by atoms with van der Waals surface area (Å²) in [6, 6.07) is 13.1. The van der Waals surface area contributed by atoms with Crippen LogP contribution >= 0.6 is 11.6 Å². The van der Waals surface area contributed by atoms with E-state index in [9.17, 15) is 13.2 Å². The average molecular weight is 407 g/mol. The van der Waals surface area contributed by atoms with E-state index < -0.39 is 16.1 Å². The summed E-state index contributed by atoms with van der Waals surface area (Å²) in [5.41, 5.74) is 1.67. The van der Waals surface area contributed by atoms with Gasteiger partial charge in [-0.2, -0.15) is 0 Å². The van der Waals surface area contributed by atoms with E-state index in [0.717, 1.165) is 11.0 Å². The van der Waals surface area contributed by atoms with Crippen LogP contribution in [0.5, 0.6) is 0 Å². The number of hydrogen-bond acceptors (Lipinski definition) is 4. The lowest BCUT2D eigenvalue weighted by atomic mass is 10.2. The molecular weight excluding hydrogens is 388 g/mol. The third-order valence-corrected chi connectivity index (χ3v) is 5.79. The number of halogens is 1. The first-order valence-corrected chi connectivity index (χ1v) is 10.2. The molecule has 27 heavy (non-hydrogen) atoms. The fourth-order valence-electron chi connectivity index (χ4n) is 2.65. The molecule has 3 rings (SSSR count). The van der Waals surface area contributed by atoms with Crippen molar-refractivity contribution in [1.29, 1.82) is 0 Å². The lowest BCUT2D eigenvalue weighted by Gasteiger charge is -2.15. The minimum atomic E-state index is -3.67. The van der Waals surface area contributed by atoms with Crippen LogP contribution in [0.25, 0.3) is 11.0 Å². The van der Waals surface area contributed by atoms with Gasteiger partial charge in [-0.25, -0.2) is 18.1 Å². The number of imidazole rings is 1. The minimum Gasteiger partial charge on any atom is -0.353 e. The van der Waals surface area contributed by atoms with Gasteiger partial charge in [0, 0.05) is 18.1 Å². The number of sulfonamides is 1. The molecule has 2 N–H and O–H groups in total. The van der Waals surface area contributed by atoms with Gasteiger partial charge in [-0.05, 0) is 37.3 Å². The van der Waals surface area contributed by atoms with Crippen LogP contribution in [0.2, 0.25) is 5.02 Å². The van der Waals surface area contributed by atoms with Gasteiger partial charge < -0.3 is 9.88 Å². The molecule has 0 unspecified atom stereocenters. The van der Waals surface area contributed by atoms with E-state index in [2.05, 4.69) is 15.0 Å². The number of aromatic nitrogens is 2. The summed E-state index contributed by atoms with van der Waals surface area (Å²) in [6.45, 7) is 1.99. The predicted molar refractivity (Wildman–Crippen MR) is 104 cm³/mol. The third kappa shape index (κ3) is 4.47. The summed E-state index contributed by atoms with van der Waals surface area (Å²) < 4.78 is 28.6. The van der Waals surface area contributed by atoms with Crippen molar-refractivity contribution in [1.82, 2.24) is 19.6 Å². The first kappa shape index (κ1) is 19.3. The van der Waals surface area contributed by atoms with Gasteiger partial charge >= 0.3 is 0 Å². The smallest absolute Gasteiger partial charge is 0.242 e. The highest BCUT2D eigenvalue weighted by Gasteiger charge is 2.17. The molecule has 3 aromatic rings. The zero-order valence-electron chi connectivity index (χ0n) is 14.6. The molecule has 1 heterocycles. The molecule has 7 nitrogen and oxygen atoms in total. The molecule has 0 saturated heterocycles. The zero-order chi connectivity index (χ0) is 19.4.